The van der Waals surface area contributed by atoms with Gasteiger partial charge in [-0.15, -0.1) is 0 Å². The van der Waals surface area contributed by atoms with Crippen LogP contribution in [0.25, 0.3) is 0 Å². The van der Waals surface area contributed by atoms with Gasteiger partial charge in [-0.25, -0.2) is 0 Å². The topological polar surface area (TPSA) is 52.6 Å². The highest BCUT2D eigenvalue weighted by atomic mass is 35.5. The molecule has 0 spiro atoms. The molecule has 1 aromatic rings. The molecule has 4 nitrogen and oxygen atoms in total. The lowest BCUT2D eigenvalue weighted by molar-refractivity contribution is 0.0652. The normalized spacial score (nSPS) is 20.4. The first-order chi connectivity index (χ1) is 8.09. The van der Waals surface area contributed by atoms with Crippen LogP contribution in [0.4, 0.5) is 0 Å². The van der Waals surface area contributed by atoms with E-state index in [1.807, 2.05) is 6.92 Å². The lowest BCUT2D eigenvalue weighted by atomic mass is 10.1. The summed E-state index contributed by atoms with van der Waals surface area (Å²) < 4.78 is 0. The molecule has 1 aliphatic rings. The van der Waals surface area contributed by atoms with E-state index < -0.39 is 0 Å². The van der Waals surface area contributed by atoms with Gasteiger partial charge in [0.25, 0.3) is 5.91 Å². The molecule has 17 heavy (non-hydrogen) atoms. The number of halogens is 1. The molecule has 2 rings (SSSR count). The highest BCUT2D eigenvalue weighted by Crippen LogP contribution is 2.23. The molecule has 0 unspecified atom stereocenters. The number of carbonyl (C=O) groups excluding carboxylic acids is 1. The summed E-state index contributed by atoms with van der Waals surface area (Å²) in [5, 5.41) is 13.4. The lowest BCUT2D eigenvalue weighted by Gasteiger charge is -2.34. The van der Waals surface area contributed by atoms with Crippen LogP contribution in [0, 0.1) is 0 Å². The van der Waals surface area contributed by atoms with Crippen molar-refractivity contribution in [1.29, 1.82) is 0 Å². The van der Waals surface area contributed by atoms with Gasteiger partial charge < -0.3 is 15.3 Å². The van der Waals surface area contributed by atoms with Crippen molar-refractivity contribution >= 4 is 17.5 Å². The molecule has 1 aromatic carbocycles. The summed E-state index contributed by atoms with van der Waals surface area (Å²) >= 11 is 5.84. The molecule has 2 N–H and O–H groups in total. The van der Waals surface area contributed by atoms with E-state index in [-0.39, 0.29) is 23.3 Å². The van der Waals surface area contributed by atoms with Crippen molar-refractivity contribution < 1.29 is 9.90 Å². The molecule has 1 atom stereocenters. The minimum atomic E-state index is -0.168. The van der Waals surface area contributed by atoms with E-state index in [4.69, 9.17) is 11.6 Å². The van der Waals surface area contributed by atoms with Gasteiger partial charge in [0.15, 0.2) is 0 Å². The Morgan fingerprint density at radius 3 is 3.06 bits per heavy atom. The number of hydrogen-bond acceptors (Lipinski definition) is 3. The minimum absolute atomic E-state index is 0.0230. The average molecular weight is 255 g/mol. The number of phenols is 1. The van der Waals surface area contributed by atoms with Gasteiger partial charge in [0, 0.05) is 30.7 Å². The fraction of sp³-hybridized carbons (Fsp3) is 0.417. The zero-order valence-corrected chi connectivity index (χ0v) is 10.4. The number of piperazine rings is 1. The van der Waals surface area contributed by atoms with E-state index >= 15 is 0 Å². The van der Waals surface area contributed by atoms with Crippen LogP contribution >= 0.6 is 11.6 Å². The molecule has 0 aliphatic carbocycles. The van der Waals surface area contributed by atoms with Crippen LogP contribution < -0.4 is 5.32 Å². The van der Waals surface area contributed by atoms with Gasteiger partial charge in [0.05, 0.1) is 5.56 Å². The van der Waals surface area contributed by atoms with Gasteiger partial charge in [0.2, 0.25) is 0 Å². The molecule has 5 heteroatoms. The van der Waals surface area contributed by atoms with Crippen molar-refractivity contribution in [2.24, 2.45) is 0 Å². The number of nitrogens with zero attached hydrogens (tertiary/aromatic N) is 1. The molecular weight excluding hydrogens is 240 g/mol. The average Bonchev–Trinajstić information content (AvgIpc) is 2.32. The van der Waals surface area contributed by atoms with Gasteiger partial charge in [-0.3, -0.25) is 4.79 Å². The summed E-state index contributed by atoms with van der Waals surface area (Å²) in [7, 11) is 0. The number of phenolic OH excluding ortho intramolecular Hbond substituents is 1. The highest BCUT2D eigenvalue weighted by Gasteiger charge is 2.25. The zero-order valence-electron chi connectivity index (χ0n) is 9.61. The van der Waals surface area contributed by atoms with E-state index in [9.17, 15) is 9.90 Å². The lowest BCUT2D eigenvalue weighted by Crippen LogP contribution is -2.52. The third kappa shape index (κ3) is 2.53. The van der Waals surface area contributed by atoms with Gasteiger partial charge >= 0.3 is 0 Å². The van der Waals surface area contributed by atoms with E-state index in [1.54, 1.807) is 11.0 Å². The van der Waals surface area contributed by atoms with Crippen LogP contribution in [0.5, 0.6) is 5.75 Å². The number of aromatic hydroxyl groups is 1. The SMILES string of the molecule is C[C@H]1CNCCN1C(=O)c1cc(Cl)ccc1O. The summed E-state index contributed by atoms with van der Waals surface area (Å²) in [6, 6.07) is 4.64. The van der Waals surface area contributed by atoms with Gasteiger partial charge in [-0.2, -0.15) is 0 Å². The van der Waals surface area contributed by atoms with Crippen molar-refractivity contribution in [3.8, 4) is 5.75 Å². The van der Waals surface area contributed by atoms with Crippen molar-refractivity contribution in [1.82, 2.24) is 10.2 Å². The van der Waals surface area contributed by atoms with Crippen LogP contribution in [0.3, 0.4) is 0 Å². The minimum Gasteiger partial charge on any atom is -0.507 e. The molecule has 0 saturated carbocycles. The Labute approximate surface area is 105 Å². The summed E-state index contributed by atoms with van der Waals surface area (Å²) in [6.45, 7) is 4.17. The molecule has 0 radical (unpaired) electrons. The van der Waals surface area contributed by atoms with Crippen molar-refractivity contribution in [3.05, 3.63) is 28.8 Å². The standard InChI is InChI=1S/C12H15ClN2O2/c1-8-7-14-4-5-15(8)12(17)10-6-9(13)2-3-11(10)16/h2-3,6,8,14,16H,4-5,7H2,1H3/t8-/m0/s1. The van der Waals surface area contributed by atoms with Crippen molar-refractivity contribution in [2.45, 2.75) is 13.0 Å². The number of rotatable bonds is 1. The quantitative estimate of drug-likeness (QED) is 0.798. The van der Waals surface area contributed by atoms with Gasteiger partial charge in [-0.05, 0) is 25.1 Å². The number of benzene rings is 1. The molecule has 0 bridgehead atoms. The molecule has 1 saturated heterocycles. The molecule has 1 heterocycles. The summed E-state index contributed by atoms with van der Waals surface area (Å²) in [5.41, 5.74) is 0.270. The first kappa shape index (κ1) is 12.2. The molecule has 1 amide bonds. The third-order valence-corrected chi connectivity index (χ3v) is 3.19. The number of hydrogen-bond donors (Lipinski definition) is 2. The van der Waals surface area contributed by atoms with E-state index in [2.05, 4.69) is 5.32 Å². The third-order valence-electron chi connectivity index (χ3n) is 2.95. The Morgan fingerprint density at radius 2 is 2.35 bits per heavy atom. The van der Waals surface area contributed by atoms with Crippen LogP contribution in [0.1, 0.15) is 17.3 Å². The van der Waals surface area contributed by atoms with Crippen molar-refractivity contribution in [2.75, 3.05) is 19.6 Å². The van der Waals surface area contributed by atoms with Crippen molar-refractivity contribution in [3.63, 3.8) is 0 Å². The monoisotopic (exact) mass is 254 g/mol. The largest absolute Gasteiger partial charge is 0.507 e. The smallest absolute Gasteiger partial charge is 0.257 e. The fourth-order valence-corrected chi connectivity index (χ4v) is 2.15. The molecule has 1 fully saturated rings. The van der Waals surface area contributed by atoms with Gasteiger partial charge in [-0.1, -0.05) is 11.6 Å². The molecule has 1 aliphatic heterocycles. The van der Waals surface area contributed by atoms with Crippen LogP contribution in [0.15, 0.2) is 18.2 Å². The first-order valence-corrected chi connectivity index (χ1v) is 5.97. The second kappa shape index (κ2) is 4.94. The van der Waals surface area contributed by atoms with Crippen LogP contribution in [-0.2, 0) is 0 Å². The predicted octanol–water partition coefficient (Wildman–Crippen LogP) is 1.48. The Morgan fingerprint density at radius 1 is 1.59 bits per heavy atom. The van der Waals surface area contributed by atoms with Crippen LogP contribution in [-0.4, -0.2) is 41.6 Å². The maximum atomic E-state index is 12.3. The maximum Gasteiger partial charge on any atom is 0.257 e. The number of nitrogens with one attached hydrogen (secondary N) is 1. The fourth-order valence-electron chi connectivity index (χ4n) is 1.98. The molecular formula is C12H15ClN2O2. The summed E-state index contributed by atoms with van der Waals surface area (Å²) in [6.07, 6.45) is 0. The van der Waals surface area contributed by atoms with Crippen LogP contribution in [0.2, 0.25) is 5.02 Å². The first-order valence-electron chi connectivity index (χ1n) is 5.60. The van der Waals surface area contributed by atoms with E-state index in [0.717, 1.165) is 13.1 Å². The Kier molecular flexibility index (Phi) is 3.54. The summed E-state index contributed by atoms with van der Waals surface area (Å²) in [5.74, 6) is -0.191. The molecule has 92 valence electrons. The maximum absolute atomic E-state index is 12.3. The second-order valence-corrected chi connectivity index (χ2v) is 4.65. The Hall–Kier alpha value is -1.26. The Balaban J connectivity index is 2.26. The van der Waals surface area contributed by atoms with E-state index in [0.29, 0.717) is 11.6 Å². The highest BCUT2D eigenvalue weighted by molar-refractivity contribution is 6.31. The second-order valence-electron chi connectivity index (χ2n) is 4.21. The molecule has 0 aromatic heterocycles. The zero-order chi connectivity index (χ0) is 12.4. The van der Waals surface area contributed by atoms with E-state index in [1.165, 1.54) is 12.1 Å². The predicted molar refractivity (Wildman–Crippen MR) is 66.5 cm³/mol. The number of carbonyl (C=O) groups is 1. The number of amides is 1. The van der Waals surface area contributed by atoms with Gasteiger partial charge in [0.1, 0.15) is 5.75 Å². The Bertz CT molecular complexity index is 437. The summed E-state index contributed by atoms with van der Waals surface area (Å²) in [4.78, 5) is 14.0.